The Kier molecular flexibility index (Phi) is 4.36. The lowest BCUT2D eigenvalue weighted by atomic mass is 10.1. The van der Waals surface area contributed by atoms with Crippen LogP contribution in [0.15, 0.2) is 18.3 Å². The number of carboxylic acids is 1. The van der Waals surface area contributed by atoms with Crippen LogP contribution in [0.4, 0.5) is 4.79 Å². The molecule has 1 atom stereocenters. The Balaban J connectivity index is 1.84. The lowest BCUT2D eigenvalue weighted by Crippen LogP contribution is -2.39. The molecular formula is C13H16N4O4. The Morgan fingerprint density at radius 3 is 2.71 bits per heavy atom. The molecule has 0 aromatic carbocycles. The zero-order valence-electron chi connectivity index (χ0n) is 11.3. The molecule has 112 valence electrons. The van der Waals surface area contributed by atoms with E-state index in [0.717, 1.165) is 0 Å². The summed E-state index contributed by atoms with van der Waals surface area (Å²) in [6.07, 6.45) is 1.98. The predicted octanol–water partition coefficient (Wildman–Crippen LogP) is -0.203. The quantitative estimate of drug-likeness (QED) is 0.708. The molecule has 0 spiro atoms. The molecule has 3 amide bonds. The molecule has 2 rings (SSSR count). The number of urea groups is 1. The number of amides is 3. The number of nitrogens with two attached hydrogens (primary N) is 1. The highest BCUT2D eigenvalue weighted by atomic mass is 16.4. The van der Waals surface area contributed by atoms with Gasteiger partial charge in [0.1, 0.15) is 5.69 Å². The number of hydrogen-bond acceptors (Lipinski definition) is 4. The Morgan fingerprint density at radius 2 is 2.19 bits per heavy atom. The van der Waals surface area contributed by atoms with E-state index in [2.05, 4.69) is 10.3 Å². The van der Waals surface area contributed by atoms with Crippen molar-refractivity contribution in [1.29, 1.82) is 0 Å². The number of aromatic nitrogens is 1. The van der Waals surface area contributed by atoms with Crippen LogP contribution in [0.2, 0.25) is 0 Å². The fraction of sp³-hybridized carbons (Fsp3) is 0.385. The molecule has 4 N–H and O–H groups in total. The normalized spacial score (nSPS) is 17.5. The summed E-state index contributed by atoms with van der Waals surface area (Å²) in [7, 11) is 0. The number of pyridine rings is 1. The van der Waals surface area contributed by atoms with Crippen LogP contribution in [0.5, 0.6) is 0 Å². The number of nitrogens with zero attached hydrogens (tertiary/aromatic N) is 2. The van der Waals surface area contributed by atoms with Crippen LogP contribution in [0.3, 0.4) is 0 Å². The molecule has 0 bridgehead atoms. The third kappa shape index (κ3) is 3.68. The van der Waals surface area contributed by atoms with Gasteiger partial charge >= 0.3 is 12.0 Å². The van der Waals surface area contributed by atoms with Crippen LogP contribution in [0.1, 0.15) is 22.5 Å². The first kappa shape index (κ1) is 14.8. The molecule has 1 aromatic rings. The molecule has 21 heavy (non-hydrogen) atoms. The van der Waals surface area contributed by atoms with Gasteiger partial charge in [0, 0.05) is 25.8 Å². The number of primary amides is 1. The van der Waals surface area contributed by atoms with Crippen molar-refractivity contribution >= 4 is 17.9 Å². The van der Waals surface area contributed by atoms with Crippen molar-refractivity contribution in [2.75, 3.05) is 13.1 Å². The van der Waals surface area contributed by atoms with E-state index in [9.17, 15) is 14.4 Å². The second-order valence-corrected chi connectivity index (χ2v) is 4.85. The lowest BCUT2D eigenvalue weighted by molar-refractivity contribution is -0.121. The number of carbonyl (C=O) groups is 3. The fourth-order valence-electron chi connectivity index (χ4n) is 2.12. The minimum atomic E-state index is -1.10. The second kappa shape index (κ2) is 6.21. The molecule has 8 heteroatoms. The van der Waals surface area contributed by atoms with Crippen molar-refractivity contribution in [2.45, 2.75) is 13.0 Å². The van der Waals surface area contributed by atoms with Gasteiger partial charge < -0.3 is 21.1 Å². The van der Waals surface area contributed by atoms with Gasteiger partial charge in [-0.1, -0.05) is 6.07 Å². The highest BCUT2D eigenvalue weighted by Crippen LogP contribution is 2.15. The Morgan fingerprint density at radius 1 is 1.43 bits per heavy atom. The van der Waals surface area contributed by atoms with Crippen molar-refractivity contribution < 1.29 is 19.5 Å². The standard InChI is InChI=1S/C13H16N4O4/c14-11(18)9-3-4-17(7-9)13(21)16-6-8-1-2-10(12(19)20)15-5-8/h1-2,5,9H,3-4,6-7H2,(H2,14,18)(H,16,21)(H,19,20). The number of rotatable bonds is 4. The van der Waals surface area contributed by atoms with Gasteiger partial charge in [-0.05, 0) is 18.1 Å². The molecule has 2 heterocycles. The third-order valence-corrected chi connectivity index (χ3v) is 3.37. The van der Waals surface area contributed by atoms with Crippen molar-refractivity contribution in [3.8, 4) is 0 Å². The molecule has 0 saturated carbocycles. The Hall–Kier alpha value is -2.64. The second-order valence-electron chi connectivity index (χ2n) is 4.85. The summed E-state index contributed by atoms with van der Waals surface area (Å²) in [6.45, 7) is 1.07. The average molecular weight is 292 g/mol. The summed E-state index contributed by atoms with van der Waals surface area (Å²) >= 11 is 0. The first-order valence-electron chi connectivity index (χ1n) is 6.47. The monoisotopic (exact) mass is 292 g/mol. The van der Waals surface area contributed by atoms with Crippen molar-refractivity contribution in [1.82, 2.24) is 15.2 Å². The molecule has 1 fully saturated rings. The number of carbonyl (C=O) groups excluding carboxylic acids is 2. The molecule has 8 nitrogen and oxygen atoms in total. The minimum absolute atomic E-state index is 0.0473. The molecule has 1 saturated heterocycles. The summed E-state index contributed by atoms with van der Waals surface area (Å²) in [5, 5.41) is 11.4. The van der Waals surface area contributed by atoms with Crippen molar-refractivity contribution in [3.63, 3.8) is 0 Å². The number of nitrogens with one attached hydrogen (secondary N) is 1. The van der Waals surface area contributed by atoms with Crippen molar-refractivity contribution in [3.05, 3.63) is 29.6 Å². The molecule has 0 radical (unpaired) electrons. The maximum Gasteiger partial charge on any atom is 0.354 e. The summed E-state index contributed by atoms with van der Waals surface area (Å²) in [5.74, 6) is -1.77. The summed E-state index contributed by atoms with van der Waals surface area (Å²) in [6, 6.07) is 2.69. The molecule has 1 aromatic heterocycles. The van der Waals surface area contributed by atoms with E-state index in [-0.39, 0.29) is 24.2 Å². The van der Waals surface area contributed by atoms with E-state index < -0.39 is 11.9 Å². The maximum atomic E-state index is 11.9. The Labute approximate surface area is 120 Å². The zero-order chi connectivity index (χ0) is 15.4. The van der Waals surface area contributed by atoms with E-state index in [4.69, 9.17) is 10.8 Å². The van der Waals surface area contributed by atoms with Gasteiger partial charge in [0.2, 0.25) is 5.91 Å². The number of carboxylic acid groups (broad SMARTS) is 1. The van der Waals surface area contributed by atoms with Gasteiger partial charge in [-0.15, -0.1) is 0 Å². The van der Waals surface area contributed by atoms with Gasteiger partial charge in [-0.25, -0.2) is 14.6 Å². The largest absolute Gasteiger partial charge is 0.477 e. The third-order valence-electron chi connectivity index (χ3n) is 3.37. The maximum absolute atomic E-state index is 11.9. The highest BCUT2D eigenvalue weighted by molar-refractivity contribution is 5.85. The number of aromatic carboxylic acids is 1. The topological polar surface area (TPSA) is 126 Å². The first-order valence-corrected chi connectivity index (χ1v) is 6.47. The van der Waals surface area contributed by atoms with Crippen molar-refractivity contribution in [2.24, 2.45) is 11.7 Å². The van der Waals surface area contributed by atoms with Gasteiger partial charge in [-0.3, -0.25) is 4.79 Å². The van der Waals surface area contributed by atoms with E-state index >= 15 is 0 Å². The van der Waals surface area contributed by atoms with Gasteiger partial charge in [0.25, 0.3) is 0 Å². The van der Waals surface area contributed by atoms with E-state index in [1.807, 2.05) is 0 Å². The molecule has 1 aliphatic heterocycles. The van der Waals surface area contributed by atoms with Crippen LogP contribution in [-0.4, -0.2) is 46.0 Å². The minimum Gasteiger partial charge on any atom is -0.477 e. The Bertz CT molecular complexity index is 558. The summed E-state index contributed by atoms with van der Waals surface area (Å²) in [5.41, 5.74) is 5.86. The first-order chi connectivity index (χ1) is 9.97. The van der Waals surface area contributed by atoms with Gasteiger partial charge in [-0.2, -0.15) is 0 Å². The van der Waals surface area contributed by atoms with Crippen LogP contribution < -0.4 is 11.1 Å². The zero-order valence-corrected chi connectivity index (χ0v) is 11.3. The van der Waals surface area contributed by atoms with E-state index in [0.29, 0.717) is 25.1 Å². The van der Waals surface area contributed by atoms with Gasteiger partial charge in [0.05, 0.1) is 5.92 Å². The van der Waals surface area contributed by atoms with E-state index in [1.54, 1.807) is 6.07 Å². The van der Waals surface area contributed by atoms with Crippen LogP contribution in [0.25, 0.3) is 0 Å². The molecule has 1 aliphatic rings. The highest BCUT2D eigenvalue weighted by Gasteiger charge is 2.29. The predicted molar refractivity (Wildman–Crippen MR) is 72.3 cm³/mol. The van der Waals surface area contributed by atoms with Crippen LogP contribution in [0, 0.1) is 5.92 Å². The van der Waals surface area contributed by atoms with Crippen LogP contribution in [-0.2, 0) is 11.3 Å². The fourth-order valence-corrected chi connectivity index (χ4v) is 2.12. The molecule has 1 unspecified atom stereocenters. The summed E-state index contributed by atoms with van der Waals surface area (Å²) in [4.78, 5) is 38.9. The lowest BCUT2D eigenvalue weighted by Gasteiger charge is -2.16. The summed E-state index contributed by atoms with van der Waals surface area (Å²) < 4.78 is 0. The molecule has 0 aliphatic carbocycles. The smallest absolute Gasteiger partial charge is 0.354 e. The average Bonchev–Trinajstić information content (AvgIpc) is 2.95. The molecular weight excluding hydrogens is 276 g/mol. The SMILES string of the molecule is NC(=O)C1CCN(C(=O)NCc2ccc(C(=O)O)nc2)C1. The van der Waals surface area contributed by atoms with Gasteiger partial charge in [0.15, 0.2) is 0 Å². The number of likely N-dealkylation sites (tertiary alicyclic amines) is 1. The van der Waals surface area contributed by atoms with E-state index in [1.165, 1.54) is 17.2 Å². The number of hydrogen-bond donors (Lipinski definition) is 3. The van der Waals surface area contributed by atoms with Crippen LogP contribution >= 0.6 is 0 Å².